The Bertz CT molecular complexity index is 363. The van der Waals surface area contributed by atoms with Gasteiger partial charge >= 0.3 is 0 Å². The second-order valence-electron chi connectivity index (χ2n) is 4.44. The summed E-state index contributed by atoms with van der Waals surface area (Å²) in [5.74, 6) is 1.81. The van der Waals surface area contributed by atoms with Crippen LogP contribution in [-0.4, -0.2) is 19.9 Å². The summed E-state index contributed by atoms with van der Waals surface area (Å²) in [5, 5.41) is 0. The average Bonchev–Trinajstić information content (AvgIpc) is 3.08. The highest BCUT2D eigenvalue weighted by Gasteiger charge is 2.22. The highest BCUT2D eigenvalue weighted by molar-refractivity contribution is 7.99. The third-order valence-corrected chi connectivity index (χ3v) is 3.61. The van der Waals surface area contributed by atoms with Crippen LogP contribution < -0.4 is 9.04 Å². The number of ether oxygens (including phenoxy) is 1. The number of nitrogens with zero attached hydrogens (tertiary/aromatic N) is 1. The van der Waals surface area contributed by atoms with Crippen LogP contribution in [0.5, 0.6) is 5.75 Å². The molecule has 0 atom stereocenters. The minimum atomic E-state index is 0.808. The molecule has 1 aliphatic carbocycles. The Morgan fingerprint density at radius 3 is 2.75 bits per heavy atom. The zero-order chi connectivity index (χ0) is 11.5. The number of aryl methyl sites for hydroxylation is 1. The smallest absolute Gasteiger partial charge is 0.121 e. The van der Waals surface area contributed by atoms with Gasteiger partial charge in [0.1, 0.15) is 5.75 Å². The van der Waals surface area contributed by atoms with Crippen LogP contribution in [0.2, 0.25) is 0 Å². The lowest BCUT2D eigenvalue weighted by Gasteiger charge is -2.17. The fourth-order valence-corrected chi connectivity index (χ4v) is 1.91. The van der Waals surface area contributed by atoms with E-state index in [2.05, 4.69) is 42.7 Å². The molecule has 1 saturated carbocycles. The zero-order valence-electron chi connectivity index (χ0n) is 10.2. The molecule has 1 aliphatic rings. The number of benzene rings is 1. The van der Waals surface area contributed by atoms with E-state index in [1.54, 1.807) is 11.9 Å². The van der Waals surface area contributed by atoms with E-state index in [-0.39, 0.29) is 0 Å². The van der Waals surface area contributed by atoms with Crippen molar-refractivity contribution in [3.8, 4) is 5.75 Å². The molecule has 0 saturated heterocycles. The lowest BCUT2D eigenvalue weighted by molar-refractivity contribution is 0.299. The summed E-state index contributed by atoms with van der Waals surface area (Å²) < 4.78 is 7.96. The van der Waals surface area contributed by atoms with Crippen LogP contribution >= 0.6 is 11.9 Å². The second-order valence-corrected chi connectivity index (χ2v) is 5.35. The van der Waals surface area contributed by atoms with Gasteiger partial charge in [0.05, 0.1) is 12.3 Å². The first-order valence-electron chi connectivity index (χ1n) is 5.71. The summed E-state index contributed by atoms with van der Waals surface area (Å²) >= 11 is 1.71. The lowest BCUT2D eigenvalue weighted by Crippen LogP contribution is -2.06. The molecule has 2 nitrogen and oxygen atoms in total. The van der Waals surface area contributed by atoms with Gasteiger partial charge < -0.3 is 9.04 Å². The normalized spacial score (nSPS) is 14.9. The molecule has 1 aromatic carbocycles. The van der Waals surface area contributed by atoms with Crippen molar-refractivity contribution in [2.75, 3.05) is 24.2 Å². The fraction of sp³-hybridized carbons (Fsp3) is 0.538. The van der Waals surface area contributed by atoms with Crippen LogP contribution in [0.3, 0.4) is 0 Å². The first-order chi connectivity index (χ1) is 7.69. The first kappa shape index (κ1) is 11.6. The van der Waals surface area contributed by atoms with Crippen LogP contribution in [0.4, 0.5) is 5.69 Å². The molecule has 2 rings (SSSR count). The van der Waals surface area contributed by atoms with Crippen molar-refractivity contribution in [1.82, 2.24) is 0 Å². The van der Waals surface area contributed by atoms with Gasteiger partial charge in [-0.25, -0.2) is 0 Å². The Morgan fingerprint density at radius 1 is 1.38 bits per heavy atom. The monoisotopic (exact) mass is 237 g/mol. The van der Waals surface area contributed by atoms with Gasteiger partial charge in [-0.2, -0.15) is 0 Å². The Morgan fingerprint density at radius 2 is 2.12 bits per heavy atom. The molecule has 88 valence electrons. The highest BCUT2D eigenvalue weighted by atomic mass is 32.2. The van der Waals surface area contributed by atoms with Gasteiger partial charge in [0, 0.05) is 19.4 Å². The molecule has 0 aromatic heterocycles. The average molecular weight is 237 g/mol. The van der Waals surface area contributed by atoms with Gasteiger partial charge in [-0.15, -0.1) is 0 Å². The predicted octanol–water partition coefficient (Wildman–Crippen LogP) is 3.50. The predicted molar refractivity (Wildman–Crippen MR) is 71.3 cm³/mol. The van der Waals surface area contributed by atoms with Crippen LogP contribution in [-0.2, 0) is 0 Å². The summed E-state index contributed by atoms with van der Waals surface area (Å²) in [6.45, 7) is 2.99. The van der Waals surface area contributed by atoms with Gasteiger partial charge in [-0.1, -0.05) is 11.9 Å². The third kappa shape index (κ3) is 3.08. The topological polar surface area (TPSA) is 12.5 Å². The fourth-order valence-electron chi connectivity index (χ4n) is 1.60. The molecule has 16 heavy (non-hydrogen) atoms. The third-order valence-electron chi connectivity index (χ3n) is 2.86. The Labute approximate surface area is 102 Å². The molecule has 0 amide bonds. The van der Waals surface area contributed by atoms with E-state index in [9.17, 15) is 0 Å². The van der Waals surface area contributed by atoms with Crippen molar-refractivity contribution in [3.05, 3.63) is 23.8 Å². The van der Waals surface area contributed by atoms with Gasteiger partial charge in [0.25, 0.3) is 0 Å². The molecule has 3 heteroatoms. The molecule has 0 N–H and O–H groups in total. The molecule has 0 aliphatic heterocycles. The van der Waals surface area contributed by atoms with E-state index in [1.165, 1.54) is 24.1 Å². The molecule has 1 fully saturated rings. The van der Waals surface area contributed by atoms with E-state index in [4.69, 9.17) is 4.74 Å². The minimum Gasteiger partial charge on any atom is -0.493 e. The Balaban J connectivity index is 2.07. The lowest BCUT2D eigenvalue weighted by atomic mass is 10.2. The van der Waals surface area contributed by atoms with Crippen molar-refractivity contribution >= 4 is 17.6 Å². The minimum absolute atomic E-state index is 0.808. The largest absolute Gasteiger partial charge is 0.493 e. The molecule has 0 bridgehead atoms. The molecule has 0 unspecified atom stereocenters. The van der Waals surface area contributed by atoms with Gasteiger partial charge in [-0.05, 0) is 43.4 Å². The van der Waals surface area contributed by atoms with Gasteiger partial charge in [-0.3, -0.25) is 0 Å². The van der Waals surface area contributed by atoms with Gasteiger partial charge in [0.2, 0.25) is 0 Å². The van der Waals surface area contributed by atoms with Crippen LogP contribution in [0.15, 0.2) is 18.2 Å². The van der Waals surface area contributed by atoms with Crippen molar-refractivity contribution < 1.29 is 4.74 Å². The molecule has 1 aromatic rings. The maximum Gasteiger partial charge on any atom is 0.121 e. The summed E-state index contributed by atoms with van der Waals surface area (Å²) in [4.78, 5) is 0. The van der Waals surface area contributed by atoms with Crippen molar-refractivity contribution in [2.24, 2.45) is 5.92 Å². The maximum absolute atomic E-state index is 5.81. The highest BCUT2D eigenvalue weighted by Crippen LogP contribution is 2.31. The zero-order valence-corrected chi connectivity index (χ0v) is 11.0. The standard InChI is InChI=1S/C13H19NOS/c1-10-6-12(14(2)16-3)8-13(7-10)15-9-11-4-5-11/h6-8,11H,4-5,9H2,1-3H3. The summed E-state index contributed by atoms with van der Waals surface area (Å²) in [6.07, 6.45) is 4.75. The van der Waals surface area contributed by atoms with E-state index in [0.29, 0.717) is 0 Å². The maximum atomic E-state index is 5.81. The number of anilines is 1. The summed E-state index contributed by atoms with van der Waals surface area (Å²) in [6, 6.07) is 6.41. The molecule has 0 heterocycles. The molecule has 0 radical (unpaired) electrons. The Kier molecular flexibility index (Phi) is 3.64. The van der Waals surface area contributed by atoms with Crippen LogP contribution in [0.1, 0.15) is 18.4 Å². The molecular weight excluding hydrogens is 218 g/mol. The Hall–Kier alpha value is -0.830. The van der Waals surface area contributed by atoms with E-state index in [0.717, 1.165) is 18.3 Å². The van der Waals surface area contributed by atoms with Gasteiger partial charge in [0.15, 0.2) is 0 Å². The molecular formula is C13H19NOS. The van der Waals surface area contributed by atoms with Crippen LogP contribution in [0.25, 0.3) is 0 Å². The van der Waals surface area contributed by atoms with Crippen LogP contribution in [0, 0.1) is 12.8 Å². The number of rotatable bonds is 5. The number of hydrogen-bond donors (Lipinski definition) is 0. The molecule has 0 spiro atoms. The second kappa shape index (κ2) is 5.00. The van der Waals surface area contributed by atoms with E-state index < -0.39 is 0 Å². The summed E-state index contributed by atoms with van der Waals surface area (Å²) in [7, 11) is 2.07. The summed E-state index contributed by atoms with van der Waals surface area (Å²) in [5.41, 5.74) is 2.46. The quantitative estimate of drug-likeness (QED) is 0.727. The number of hydrogen-bond acceptors (Lipinski definition) is 3. The SMILES string of the molecule is CSN(C)c1cc(C)cc(OCC2CC2)c1. The first-order valence-corrected chi connectivity index (χ1v) is 6.89. The van der Waals surface area contributed by atoms with E-state index >= 15 is 0 Å². The van der Waals surface area contributed by atoms with E-state index in [1.807, 2.05) is 0 Å². The van der Waals surface area contributed by atoms with Crippen molar-refractivity contribution in [1.29, 1.82) is 0 Å². The van der Waals surface area contributed by atoms with Crippen molar-refractivity contribution in [2.45, 2.75) is 19.8 Å². The van der Waals surface area contributed by atoms with Crippen molar-refractivity contribution in [3.63, 3.8) is 0 Å².